The van der Waals surface area contributed by atoms with Gasteiger partial charge in [0.15, 0.2) is 0 Å². The molecule has 0 fully saturated rings. The van der Waals surface area contributed by atoms with E-state index in [2.05, 4.69) is 12.2 Å². The molecular formula is C16H26FN. The minimum Gasteiger partial charge on any atom is -0.313 e. The number of nitrogens with one attached hydrogen (secondary N) is 1. The van der Waals surface area contributed by atoms with Crippen molar-refractivity contribution in [2.75, 3.05) is 6.54 Å². The summed E-state index contributed by atoms with van der Waals surface area (Å²) in [5.74, 6) is -0.161. The first kappa shape index (κ1) is 15.2. The molecule has 1 aromatic rings. The number of hydrogen-bond donors (Lipinski definition) is 1. The van der Waals surface area contributed by atoms with Gasteiger partial charge in [-0.15, -0.1) is 0 Å². The zero-order chi connectivity index (χ0) is 13.1. The third kappa shape index (κ3) is 7.44. The smallest absolute Gasteiger partial charge is 0.123 e. The molecule has 0 saturated heterocycles. The van der Waals surface area contributed by atoms with Crippen molar-refractivity contribution in [1.29, 1.82) is 0 Å². The van der Waals surface area contributed by atoms with Gasteiger partial charge < -0.3 is 5.32 Å². The van der Waals surface area contributed by atoms with E-state index in [9.17, 15) is 4.39 Å². The molecule has 0 spiro atoms. The molecule has 0 amide bonds. The molecule has 0 bridgehead atoms. The number of unbranched alkanes of at least 4 members (excludes halogenated alkanes) is 6. The van der Waals surface area contributed by atoms with Gasteiger partial charge in [0.25, 0.3) is 0 Å². The van der Waals surface area contributed by atoms with E-state index in [1.165, 1.54) is 57.1 Å². The van der Waals surface area contributed by atoms with Crippen LogP contribution in [-0.4, -0.2) is 6.54 Å². The fourth-order valence-electron chi connectivity index (χ4n) is 2.04. The first-order valence-corrected chi connectivity index (χ1v) is 7.28. The lowest BCUT2D eigenvalue weighted by molar-refractivity contribution is 0.562. The van der Waals surface area contributed by atoms with E-state index in [0.717, 1.165) is 18.7 Å². The van der Waals surface area contributed by atoms with Crippen molar-refractivity contribution in [2.24, 2.45) is 0 Å². The molecule has 1 aromatic carbocycles. The predicted molar refractivity (Wildman–Crippen MR) is 76.1 cm³/mol. The molecule has 1 N–H and O–H groups in total. The Morgan fingerprint density at radius 3 is 2.17 bits per heavy atom. The van der Waals surface area contributed by atoms with Crippen LogP contribution < -0.4 is 5.32 Å². The second-order valence-electron chi connectivity index (χ2n) is 4.92. The van der Waals surface area contributed by atoms with E-state index < -0.39 is 0 Å². The lowest BCUT2D eigenvalue weighted by atomic mass is 10.1. The Morgan fingerprint density at radius 2 is 1.50 bits per heavy atom. The number of benzene rings is 1. The van der Waals surface area contributed by atoms with Gasteiger partial charge in [0, 0.05) is 6.54 Å². The Bertz CT molecular complexity index is 294. The van der Waals surface area contributed by atoms with E-state index in [4.69, 9.17) is 0 Å². The summed E-state index contributed by atoms with van der Waals surface area (Å²) in [6.45, 7) is 4.15. The van der Waals surface area contributed by atoms with E-state index >= 15 is 0 Å². The summed E-state index contributed by atoms with van der Waals surface area (Å²) in [6.07, 6.45) is 9.39. The van der Waals surface area contributed by atoms with Crippen molar-refractivity contribution >= 4 is 0 Å². The molecular weight excluding hydrogens is 225 g/mol. The van der Waals surface area contributed by atoms with Gasteiger partial charge in [0.1, 0.15) is 5.82 Å². The molecule has 0 radical (unpaired) electrons. The quantitative estimate of drug-likeness (QED) is 0.596. The zero-order valence-electron chi connectivity index (χ0n) is 11.6. The van der Waals surface area contributed by atoms with Crippen molar-refractivity contribution in [1.82, 2.24) is 5.32 Å². The molecule has 0 aliphatic heterocycles. The predicted octanol–water partition coefficient (Wildman–Crippen LogP) is 4.67. The maximum absolute atomic E-state index is 12.7. The first-order valence-electron chi connectivity index (χ1n) is 7.28. The van der Waals surface area contributed by atoms with Gasteiger partial charge >= 0.3 is 0 Å². The third-order valence-corrected chi connectivity index (χ3v) is 3.20. The molecule has 102 valence electrons. The van der Waals surface area contributed by atoms with Gasteiger partial charge in [-0.2, -0.15) is 0 Å². The van der Waals surface area contributed by atoms with Gasteiger partial charge in [-0.3, -0.25) is 0 Å². The molecule has 0 heterocycles. The SMILES string of the molecule is CCCCCCCCCNCc1ccc(F)cc1. The largest absolute Gasteiger partial charge is 0.313 e. The van der Waals surface area contributed by atoms with E-state index in [-0.39, 0.29) is 5.82 Å². The Balaban J connectivity index is 1.91. The average molecular weight is 251 g/mol. The number of halogens is 1. The summed E-state index contributed by atoms with van der Waals surface area (Å²) in [4.78, 5) is 0. The molecule has 0 atom stereocenters. The topological polar surface area (TPSA) is 12.0 Å². The second-order valence-corrected chi connectivity index (χ2v) is 4.92. The highest BCUT2D eigenvalue weighted by atomic mass is 19.1. The van der Waals surface area contributed by atoms with Crippen LogP contribution >= 0.6 is 0 Å². The van der Waals surface area contributed by atoms with Crippen molar-refractivity contribution in [3.8, 4) is 0 Å². The van der Waals surface area contributed by atoms with Crippen LogP contribution in [-0.2, 0) is 6.54 Å². The molecule has 0 aliphatic rings. The third-order valence-electron chi connectivity index (χ3n) is 3.20. The van der Waals surface area contributed by atoms with Crippen LogP contribution in [0.4, 0.5) is 4.39 Å². The lowest BCUT2D eigenvalue weighted by Gasteiger charge is -2.05. The van der Waals surface area contributed by atoms with Crippen LogP contribution in [0, 0.1) is 5.82 Å². The molecule has 1 nitrogen and oxygen atoms in total. The normalized spacial score (nSPS) is 10.8. The average Bonchev–Trinajstić information content (AvgIpc) is 2.39. The molecule has 2 heteroatoms. The molecule has 0 aliphatic carbocycles. The summed E-state index contributed by atoms with van der Waals surface area (Å²) in [5.41, 5.74) is 1.15. The van der Waals surface area contributed by atoms with Gasteiger partial charge in [0.2, 0.25) is 0 Å². The van der Waals surface area contributed by atoms with E-state index in [0.29, 0.717) is 0 Å². The van der Waals surface area contributed by atoms with Gasteiger partial charge in [-0.1, -0.05) is 57.6 Å². The summed E-state index contributed by atoms with van der Waals surface area (Å²) < 4.78 is 12.7. The summed E-state index contributed by atoms with van der Waals surface area (Å²) >= 11 is 0. The molecule has 18 heavy (non-hydrogen) atoms. The lowest BCUT2D eigenvalue weighted by Crippen LogP contribution is -2.14. The highest BCUT2D eigenvalue weighted by Crippen LogP contribution is 2.06. The van der Waals surface area contributed by atoms with Crippen molar-refractivity contribution < 1.29 is 4.39 Å². The van der Waals surface area contributed by atoms with Crippen LogP contribution in [0.3, 0.4) is 0 Å². The monoisotopic (exact) mass is 251 g/mol. The highest BCUT2D eigenvalue weighted by molar-refractivity contribution is 5.15. The van der Waals surface area contributed by atoms with Crippen molar-refractivity contribution in [2.45, 2.75) is 58.4 Å². The summed E-state index contributed by atoms with van der Waals surface area (Å²) in [7, 11) is 0. The first-order chi connectivity index (χ1) is 8.83. The fourth-order valence-corrected chi connectivity index (χ4v) is 2.04. The number of rotatable bonds is 10. The fraction of sp³-hybridized carbons (Fsp3) is 0.625. The molecule has 0 saturated carbocycles. The Labute approximate surface area is 111 Å². The zero-order valence-corrected chi connectivity index (χ0v) is 11.6. The maximum Gasteiger partial charge on any atom is 0.123 e. The second kappa shape index (κ2) is 10.1. The maximum atomic E-state index is 12.7. The molecule has 1 rings (SSSR count). The van der Waals surface area contributed by atoms with Crippen LogP contribution in [0.15, 0.2) is 24.3 Å². The Hall–Kier alpha value is -0.890. The molecule has 0 unspecified atom stereocenters. The van der Waals surface area contributed by atoms with Gasteiger partial charge in [0.05, 0.1) is 0 Å². The standard InChI is InChI=1S/C16H26FN/c1-2-3-4-5-6-7-8-13-18-14-15-9-11-16(17)12-10-15/h9-12,18H,2-8,13-14H2,1H3. The van der Waals surface area contributed by atoms with Crippen LogP contribution in [0.1, 0.15) is 57.4 Å². The van der Waals surface area contributed by atoms with Crippen LogP contribution in [0.5, 0.6) is 0 Å². The van der Waals surface area contributed by atoms with E-state index in [1.54, 1.807) is 0 Å². The van der Waals surface area contributed by atoms with Gasteiger partial charge in [-0.05, 0) is 30.7 Å². The van der Waals surface area contributed by atoms with Crippen molar-refractivity contribution in [3.63, 3.8) is 0 Å². The highest BCUT2D eigenvalue weighted by Gasteiger charge is 1.94. The van der Waals surface area contributed by atoms with Crippen molar-refractivity contribution in [3.05, 3.63) is 35.6 Å². The van der Waals surface area contributed by atoms with E-state index in [1.807, 2.05) is 12.1 Å². The van der Waals surface area contributed by atoms with Gasteiger partial charge in [-0.25, -0.2) is 4.39 Å². The van der Waals surface area contributed by atoms with Crippen LogP contribution in [0.25, 0.3) is 0 Å². The minimum absolute atomic E-state index is 0.161. The molecule has 0 aromatic heterocycles. The van der Waals surface area contributed by atoms with Crippen LogP contribution in [0.2, 0.25) is 0 Å². The Morgan fingerprint density at radius 1 is 0.889 bits per heavy atom. The summed E-state index contributed by atoms with van der Waals surface area (Å²) in [5, 5.41) is 3.40. The Kier molecular flexibility index (Phi) is 8.49. The minimum atomic E-state index is -0.161. The summed E-state index contributed by atoms with van der Waals surface area (Å²) in [6, 6.07) is 6.72. The number of hydrogen-bond acceptors (Lipinski definition) is 1.